The molecule has 0 saturated heterocycles. The van der Waals surface area contributed by atoms with E-state index in [-0.39, 0.29) is 24.1 Å². The summed E-state index contributed by atoms with van der Waals surface area (Å²) in [5.74, 6) is 0.186. The Kier molecular flexibility index (Phi) is 4.92. The summed E-state index contributed by atoms with van der Waals surface area (Å²) in [6.07, 6.45) is 4.12. The molecule has 0 radical (unpaired) electrons. The molecule has 2 unspecified atom stereocenters. The highest BCUT2D eigenvalue weighted by Crippen LogP contribution is 2.20. The minimum atomic E-state index is -0.958. The van der Waals surface area contributed by atoms with Crippen LogP contribution in [0.25, 0.3) is 11.3 Å². The maximum atomic E-state index is 12.1. The number of pyridine rings is 1. The van der Waals surface area contributed by atoms with E-state index in [9.17, 15) is 9.90 Å². The van der Waals surface area contributed by atoms with Crippen molar-refractivity contribution in [2.75, 3.05) is 6.54 Å². The van der Waals surface area contributed by atoms with Crippen LogP contribution in [0.2, 0.25) is 0 Å². The fourth-order valence-electron chi connectivity index (χ4n) is 1.99. The van der Waals surface area contributed by atoms with Crippen molar-refractivity contribution < 1.29 is 14.4 Å². The first kappa shape index (κ1) is 16.2. The summed E-state index contributed by atoms with van der Waals surface area (Å²) >= 11 is 0. The summed E-state index contributed by atoms with van der Waals surface area (Å²) in [4.78, 5) is 16.1. The van der Waals surface area contributed by atoms with E-state index in [2.05, 4.69) is 15.5 Å². The minimum absolute atomic E-state index is 0.0797. The molecule has 0 aromatic carbocycles. The first-order chi connectivity index (χ1) is 10.4. The quantitative estimate of drug-likeness (QED) is 0.854. The van der Waals surface area contributed by atoms with Gasteiger partial charge in [-0.15, -0.1) is 0 Å². The Morgan fingerprint density at radius 2 is 2.32 bits per heavy atom. The number of rotatable bonds is 6. The van der Waals surface area contributed by atoms with Gasteiger partial charge >= 0.3 is 0 Å². The largest absolute Gasteiger partial charge is 0.388 e. The van der Waals surface area contributed by atoms with E-state index in [0.29, 0.717) is 5.76 Å². The zero-order chi connectivity index (χ0) is 16.2. The van der Waals surface area contributed by atoms with Crippen LogP contribution in [0.15, 0.2) is 35.1 Å². The lowest BCUT2D eigenvalue weighted by molar-refractivity contribution is 0.00584. The molecular weight excluding hydrogens is 282 g/mol. The first-order valence-electron chi connectivity index (χ1n) is 7.31. The molecule has 2 heterocycles. The molecule has 6 heteroatoms. The number of aliphatic hydroxyl groups is 1. The van der Waals surface area contributed by atoms with Gasteiger partial charge < -0.3 is 14.9 Å². The highest BCUT2D eigenvalue weighted by molar-refractivity contribution is 5.93. The summed E-state index contributed by atoms with van der Waals surface area (Å²) in [6, 6.07) is 5.16. The van der Waals surface area contributed by atoms with Gasteiger partial charge in [0.15, 0.2) is 11.5 Å². The average molecular weight is 303 g/mol. The molecular formula is C16H21N3O3. The van der Waals surface area contributed by atoms with Crippen molar-refractivity contribution in [3.63, 3.8) is 0 Å². The summed E-state index contributed by atoms with van der Waals surface area (Å²) in [6.45, 7) is 5.82. The van der Waals surface area contributed by atoms with E-state index in [1.165, 1.54) is 0 Å². The van der Waals surface area contributed by atoms with Crippen LogP contribution in [0.4, 0.5) is 0 Å². The third-order valence-corrected chi connectivity index (χ3v) is 3.97. The molecule has 0 saturated carbocycles. The van der Waals surface area contributed by atoms with E-state index >= 15 is 0 Å². The smallest absolute Gasteiger partial charge is 0.273 e. The Labute approximate surface area is 129 Å². The van der Waals surface area contributed by atoms with Crippen molar-refractivity contribution in [1.29, 1.82) is 0 Å². The van der Waals surface area contributed by atoms with Gasteiger partial charge in [0.1, 0.15) is 0 Å². The number of amides is 1. The van der Waals surface area contributed by atoms with Crippen LogP contribution >= 0.6 is 0 Å². The molecule has 0 fully saturated rings. The van der Waals surface area contributed by atoms with Gasteiger partial charge in [0, 0.05) is 30.6 Å². The molecule has 22 heavy (non-hydrogen) atoms. The van der Waals surface area contributed by atoms with E-state index in [1.807, 2.05) is 19.9 Å². The van der Waals surface area contributed by atoms with Gasteiger partial charge in [-0.25, -0.2) is 0 Å². The minimum Gasteiger partial charge on any atom is -0.388 e. The molecule has 2 aromatic heterocycles. The topological polar surface area (TPSA) is 88.2 Å². The van der Waals surface area contributed by atoms with Gasteiger partial charge in [0.25, 0.3) is 5.91 Å². The predicted octanol–water partition coefficient (Wildman–Crippen LogP) is 2.26. The zero-order valence-corrected chi connectivity index (χ0v) is 13.0. The monoisotopic (exact) mass is 303 g/mol. The first-order valence-corrected chi connectivity index (χ1v) is 7.31. The van der Waals surface area contributed by atoms with Gasteiger partial charge in [-0.05, 0) is 25.0 Å². The lowest BCUT2D eigenvalue weighted by Crippen LogP contribution is -2.45. The predicted molar refractivity (Wildman–Crippen MR) is 82.1 cm³/mol. The lowest BCUT2D eigenvalue weighted by atomic mass is 9.88. The Morgan fingerprint density at radius 1 is 1.55 bits per heavy atom. The van der Waals surface area contributed by atoms with Gasteiger partial charge in [-0.1, -0.05) is 25.4 Å². The molecule has 2 aromatic rings. The Morgan fingerprint density at radius 3 is 2.95 bits per heavy atom. The van der Waals surface area contributed by atoms with Crippen LogP contribution in [0.1, 0.15) is 37.7 Å². The number of carbonyl (C=O) groups excluding carboxylic acids is 1. The third kappa shape index (κ3) is 3.71. The van der Waals surface area contributed by atoms with Crippen molar-refractivity contribution in [3.8, 4) is 11.3 Å². The molecule has 2 rings (SSSR count). The molecule has 6 nitrogen and oxygen atoms in total. The second kappa shape index (κ2) is 6.70. The van der Waals surface area contributed by atoms with Crippen LogP contribution in [-0.4, -0.2) is 33.3 Å². The van der Waals surface area contributed by atoms with Crippen LogP contribution in [0, 0.1) is 5.92 Å². The molecule has 0 bridgehead atoms. The normalized spacial score (nSPS) is 15.1. The van der Waals surface area contributed by atoms with E-state index in [0.717, 1.165) is 12.0 Å². The van der Waals surface area contributed by atoms with Crippen LogP contribution in [-0.2, 0) is 0 Å². The Hall–Kier alpha value is -2.21. The molecule has 0 aliphatic carbocycles. The second-order valence-corrected chi connectivity index (χ2v) is 5.67. The van der Waals surface area contributed by atoms with E-state index in [1.54, 1.807) is 31.5 Å². The summed E-state index contributed by atoms with van der Waals surface area (Å²) in [5.41, 5.74) is -0.0280. The van der Waals surface area contributed by atoms with Crippen molar-refractivity contribution >= 4 is 5.91 Å². The van der Waals surface area contributed by atoms with Crippen molar-refractivity contribution in [3.05, 3.63) is 36.3 Å². The maximum Gasteiger partial charge on any atom is 0.273 e. The van der Waals surface area contributed by atoms with E-state index < -0.39 is 5.60 Å². The Balaban J connectivity index is 2.01. The number of aromatic nitrogens is 2. The van der Waals surface area contributed by atoms with Gasteiger partial charge in [-0.3, -0.25) is 9.78 Å². The van der Waals surface area contributed by atoms with Gasteiger partial charge in [0.05, 0.1) is 5.60 Å². The standard InChI is InChI=1S/C16H21N3O3/c1-4-11(2)16(3,21)10-18-15(20)13-8-14(22-19-13)12-6-5-7-17-9-12/h5-9,11,21H,4,10H2,1-3H3,(H,18,20). The molecule has 1 amide bonds. The lowest BCUT2D eigenvalue weighted by Gasteiger charge is -2.29. The van der Waals surface area contributed by atoms with Crippen LogP contribution < -0.4 is 5.32 Å². The van der Waals surface area contributed by atoms with Gasteiger partial charge in [-0.2, -0.15) is 0 Å². The molecule has 2 atom stereocenters. The highest BCUT2D eigenvalue weighted by Gasteiger charge is 2.28. The molecule has 2 N–H and O–H groups in total. The number of nitrogens with one attached hydrogen (secondary N) is 1. The van der Waals surface area contributed by atoms with Crippen molar-refractivity contribution in [2.45, 2.75) is 32.8 Å². The maximum absolute atomic E-state index is 12.1. The fraction of sp³-hybridized carbons (Fsp3) is 0.438. The fourth-order valence-corrected chi connectivity index (χ4v) is 1.99. The molecule has 0 spiro atoms. The summed E-state index contributed by atoms with van der Waals surface area (Å²) in [5, 5.41) is 16.7. The van der Waals surface area contributed by atoms with Crippen molar-refractivity contribution in [1.82, 2.24) is 15.5 Å². The van der Waals surface area contributed by atoms with Crippen LogP contribution in [0.5, 0.6) is 0 Å². The molecule has 118 valence electrons. The van der Waals surface area contributed by atoms with Gasteiger partial charge in [0.2, 0.25) is 0 Å². The average Bonchev–Trinajstić information content (AvgIpc) is 3.02. The molecule has 0 aliphatic rings. The Bertz CT molecular complexity index is 623. The summed E-state index contributed by atoms with van der Waals surface area (Å²) < 4.78 is 5.16. The zero-order valence-electron chi connectivity index (χ0n) is 13.0. The van der Waals surface area contributed by atoms with Crippen LogP contribution in [0.3, 0.4) is 0 Å². The summed E-state index contributed by atoms with van der Waals surface area (Å²) in [7, 11) is 0. The number of hydrogen-bond acceptors (Lipinski definition) is 5. The highest BCUT2D eigenvalue weighted by atomic mass is 16.5. The third-order valence-electron chi connectivity index (χ3n) is 3.97. The number of nitrogens with zero attached hydrogens (tertiary/aromatic N) is 2. The number of carbonyl (C=O) groups is 1. The SMILES string of the molecule is CCC(C)C(C)(O)CNC(=O)c1cc(-c2cccnc2)on1. The second-order valence-electron chi connectivity index (χ2n) is 5.67. The number of hydrogen-bond donors (Lipinski definition) is 2. The van der Waals surface area contributed by atoms with Crippen molar-refractivity contribution in [2.24, 2.45) is 5.92 Å². The van der Waals surface area contributed by atoms with E-state index in [4.69, 9.17) is 4.52 Å². The molecule has 0 aliphatic heterocycles.